The molecule has 3 aromatic rings. The van der Waals surface area contributed by atoms with Gasteiger partial charge in [0.05, 0.1) is 11.1 Å². The van der Waals surface area contributed by atoms with Gasteiger partial charge in [-0.25, -0.2) is 0 Å². The molecule has 1 aliphatic carbocycles. The molecule has 1 N–H and O–H groups in total. The number of aromatic nitrogens is 3. The zero-order valence-corrected chi connectivity index (χ0v) is 17.5. The predicted octanol–water partition coefficient (Wildman–Crippen LogP) is 5.43. The summed E-state index contributed by atoms with van der Waals surface area (Å²) in [4.78, 5) is 14.5. The minimum Gasteiger partial charge on any atom is -0.388 e. The van der Waals surface area contributed by atoms with E-state index in [1.807, 2.05) is 43.2 Å². The maximum absolute atomic E-state index is 8.00. The molecule has 0 unspecified atom stereocenters. The number of rotatable bonds is 5. The molecule has 1 aliphatic rings. The molecule has 0 aliphatic heterocycles. The van der Waals surface area contributed by atoms with Gasteiger partial charge in [-0.2, -0.15) is 5.10 Å². The summed E-state index contributed by atoms with van der Waals surface area (Å²) in [6.07, 6.45) is 10.5. The van der Waals surface area contributed by atoms with Crippen molar-refractivity contribution < 1.29 is 4.79 Å². The molecule has 2 heterocycles. The van der Waals surface area contributed by atoms with Gasteiger partial charge >= 0.3 is 0 Å². The molecule has 4 rings (SSSR count). The van der Waals surface area contributed by atoms with Gasteiger partial charge in [0.15, 0.2) is 0 Å². The standard InChI is InChI=1S/C13H17N3S.C8H9N.CH2O/c1-10(2)16-9-13(8-15-16)17-12-6-4-11(14-3)5-7-12;1-2-8(6-9-5-1)7-3-4-7;1-2/h4-10,14H,1-3H3;1-2,5-7H,3-4H2;1H2. The van der Waals surface area contributed by atoms with Gasteiger partial charge in [-0.05, 0) is 68.5 Å². The van der Waals surface area contributed by atoms with Gasteiger partial charge in [0.25, 0.3) is 0 Å². The van der Waals surface area contributed by atoms with Crippen LogP contribution in [0.5, 0.6) is 0 Å². The fourth-order valence-electron chi connectivity index (χ4n) is 2.52. The van der Waals surface area contributed by atoms with Crippen LogP contribution in [0.1, 0.15) is 44.2 Å². The average Bonchev–Trinajstić information content (AvgIpc) is 3.50. The Bertz CT molecular complexity index is 814. The highest BCUT2D eigenvalue weighted by atomic mass is 32.2. The number of nitrogens with one attached hydrogen (secondary N) is 1. The quantitative estimate of drug-likeness (QED) is 0.623. The highest BCUT2D eigenvalue weighted by Crippen LogP contribution is 2.39. The van der Waals surface area contributed by atoms with Crippen LogP contribution in [0, 0.1) is 0 Å². The van der Waals surface area contributed by atoms with Gasteiger partial charge in [0, 0.05) is 42.3 Å². The number of hydrogen-bond acceptors (Lipinski definition) is 5. The average molecular weight is 397 g/mol. The number of benzene rings is 1. The van der Waals surface area contributed by atoms with E-state index in [0.717, 1.165) is 11.6 Å². The minimum absolute atomic E-state index is 0.413. The fourth-order valence-corrected chi connectivity index (χ4v) is 3.32. The van der Waals surface area contributed by atoms with Crippen LogP contribution in [0.15, 0.2) is 71.0 Å². The van der Waals surface area contributed by atoms with E-state index in [9.17, 15) is 0 Å². The molecule has 1 aromatic carbocycles. The Hall–Kier alpha value is -2.60. The molecule has 6 heteroatoms. The van der Waals surface area contributed by atoms with Gasteiger partial charge in [0.1, 0.15) is 6.79 Å². The van der Waals surface area contributed by atoms with E-state index in [1.54, 1.807) is 11.8 Å². The molecule has 0 saturated heterocycles. The maximum Gasteiger partial charge on any atom is 0.106 e. The molecule has 148 valence electrons. The summed E-state index contributed by atoms with van der Waals surface area (Å²) in [5.41, 5.74) is 2.55. The molecule has 0 atom stereocenters. The van der Waals surface area contributed by atoms with Crippen molar-refractivity contribution in [1.82, 2.24) is 14.8 Å². The second-order valence-corrected chi connectivity index (χ2v) is 7.83. The first-order chi connectivity index (χ1) is 13.7. The second kappa shape index (κ2) is 11.3. The van der Waals surface area contributed by atoms with Gasteiger partial charge in [-0.3, -0.25) is 9.67 Å². The third-order valence-electron chi connectivity index (χ3n) is 4.22. The van der Waals surface area contributed by atoms with Crippen LogP contribution in [0.4, 0.5) is 5.69 Å². The number of carbonyl (C=O) groups is 1. The fraction of sp³-hybridized carbons (Fsp3) is 0.318. The lowest BCUT2D eigenvalue weighted by Crippen LogP contribution is -1.99. The monoisotopic (exact) mass is 396 g/mol. The summed E-state index contributed by atoms with van der Waals surface area (Å²) in [5, 5.41) is 7.44. The van der Waals surface area contributed by atoms with Crippen molar-refractivity contribution >= 4 is 24.2 Å². The van der Waals surface area contributed by atoms with Gasteiger partial charge in [-0.1, -0.05) is 17.8 Å². The topological polar surface area (TPSA) is 59.8 Å². The number of nitrogens with zero attached hydrogens (tertiary/aromatic N) is 3. The Morgan fingerprint density at radius 1 is 1.11 bits per heavy atom. The van der Waals surface area contributed by atoms with E-state index in [-0.39, 0.29) is 0 Å². The van der Waals surface area contributed by atoms with Crippen LogP contribution in [-0.2, 0) is 4.79 Å². The van der Waals surface area contributed by atoms with Crippen LogP contribution in [0.2, 0.25) is 0 Å². The molecule has 1 saturated carbocycles. The van der Waals surface area contributed by atoms with Crippen LogP contribution >= 0.6 is 11.8 Å². The van der Waals surface area contributed by atoms with E-state index >= 15 is 0 Å². The summed E-state index contributed by atoms with van der Waals surface area (Å²) in [5.74, 6) is 0.846. The molecule has 2 aromatic heterocycles. The van der Waals surface area contributed by atoms with Gasteiger partial charge in [0.2, 0.25) is 0 Å². The van der Waals surface area contributed by atoms with Crippen molar-refractivity contribution in [3.63, 3.8) is 0 Å². The molecular weight excluding hydrogens is 368 g/mol. The molecule has 28 heavy (non-hydrogen) atoms. The summed E-state index contributed by atoms with van der Waals surface area (Å²) < 4.78 is 1.98. The Morgan fingerprint density at radius 2 is 1.82 bits per heavy atom. The van der Waals surface area contributed by atoms with Crippen molar-refractivity contribution in [3.05, 3.63) is 66.7 Å². The van der Waals surface area contributed by atoms with Crippen molar-refractivity contribution in [2.24, 2.45) is 0 Å². The lowest BCUT2D eigenvalue weighted by atomic mass is 10.2. The van der Waals surface area contributed by atoms with E-state index in [2.05, 4.69) is 65.8 Å². The zero-order chi connectivity index (χ0) is 20.4. The van der Waals surface area contributed by atoms with Crippen LogP contribution in [0.25, 0.3) is 0 Å². The molecule has 0 amide bonds. The van der Waals surface area contributed by atoms with Crippen LogP contribution < -0.4 is 5.32 Å². The number of carbonyl (C=O) groups excluding carboxylic acids is 1. The third kappa shape index (κ3) is 6.85. The Balaban J connectivity index is 0.000000213. The number of pyridine rings is 1. The van der Waals surface area contributed by atoms with Crippen LogP contribution in [0.3, 0.4) is 0 Å². The van der Waals surface area contributed by atoms with E-state index in [0.29, 0.717) is 6.04 Å². The summed E-state index contributed by atoms with van der Waals surface area (Å²) in [6.45, 7) is 6.26. The van der Waals surface area contributed by atoms with Gasteiger partial charge < -0.3 is 10.1 Å². The normalized spacial score (nSPS) is 12.4. The van der Waals surface area contributed by atoms with Crippen LogP contribution in [-0.4, -0.2) is 28.6 Å². The second-order valence-electron chi connectivity index (χ2n) is 6.69. The van der Waals surface area contributed by atoms with E-state index < -0.39 is 0 Å². The molecule has 5 nitrogen and oxygen atoms in total. The Labute approximate surface area is 171 Å². The number of hydrogen-bond donors (Lipinski definition) is 1. The smallest absolute Gasteiger partial charge is 0.106 e. The molecule has 0 radical (unpaired) electrons. The Kier molecular flexibility index (Phi) is 8.75. The first kappa shape index (κ1) is 21.7. The van der Waals surface area contributed by atoms with Crippen molar-refractivity contribution in [2.45, 2.75) is 48.4 Å². The Morgan fingerprint density at radius 3 is 2.32 bits per heavy atom. The van der Waals surface area contributed by atoms with Crippen molar-refractivity contribution in [2.75, 3.05) is 12.4 Å². The van der Waals surface area contributed by atoms with Gasteiger partial charge in [-0.15, -0.1) is 0 Å². The first-order valence-corrected chi connectivity index (χ1v) is 10.2. The minimum atomic E-state index is 0.413. The first-order valence-electron chi connectivity index (χ1n) is 9.34. The molecule has 1 fully saturated rings. The molecule has 0 bridgehead atoms. The van der Waals surface area contributed by atoms with Crippen molar-refractivity contribution in [1.29, 1.82) is 0 Å². The largest absolute Gasteiger partial charge is 0.388 e. The summed E-state index contributed by atoms with van der Waals surface area (Å²) in [6, 6.07) is 13.0. The lowest BCUT2D eigenvalue weighted by Gasteiger charge is -2.03. The number of anilines is 1. The maximum atomic E-state index is 8.00. The molecular formula is C22H28N4OS. The highest BCUT2D eigenvalue weighted by Gasteiger charge is 2.22. The summed E-state index contributed by atoms with van der Waals surface area (Å²) in [7, 11) is 1.93. The SMILES string of the molecule is C=O.CNc1ccc(Sc2cnn(C(C)C)c2)cc1.c1cncc(C2CC2)c1. The highest BCUT2D eigenvalue weighted by molar-refractivity contribution is 7.99. The van der Waals surface area contributed by atoms with E-state index in [1.165, 1.54) is 28.2 Å². The third-order valence-corrected chi connectivity index (χ3v) is 5.17. The lowest BCUT2D eigenvalue weighted by molar-refractivity contribution is -0.0979. The van der Waals surface area contributed by atoms with E-state index in [4.69, 9.17) is 4.79 Å². The molecule has 0 spiro atoms. The summed E-state index contributed by atoms with van der Waals surface area (Å²) >= 11 is 1.73. The van der Waals surface area contributed by atoms with Crippen molar-refractivity contribution in [3.8, 4) is 0 Å². The zero-order valence-electron chi connectivity index (χ0n) is 16.7. The predicted molar refractivity (Wildman–Crippen MR) is 116 cm³/mol.